The number of methoxy groups -OCH3 is 1. The zero-order valence-corrected chi connectivity index (χ0v) is 13.8. The molecule has 2 N–H and O–H groups in total. The molecule has 0 atom stereocenters. The van der Waals surface area contributed by atoms with Crippen molar-refractivity contribution < 1.29 is 4.74 Å². The number of nitrogens with zero attached hydrogens (tertiary/aromatic N) is 2. The molecule has 0 aliphatic heterocycles. The van der Waals surface area contributed by atoms with Crippen LogP contribution in [-0.4, -0.2) is 17.1 Å². The minimum atomic E-state index is 0.685. The normalized spacial score (nSPS) is 10.2. The van der Waals surface area contributed by atoms with Gasteiger partial charge in [-0.1, -0.05) is 24.3 Å². The van der Waals surface area contributed by atoms with E-state index >= 15 is 0 Å². The number of aromatic nitrogens is 2. The fourth-order valence-electron chi connectivity index (χ4n) is 2.33. The lowest BCUT2D eigenvalue weighted by Gasteiger charge is -2.09. The van der Waals surface area contributed by atoms with E-state index in [1.54, 1.807) is 13.4 Å². The highest BCUT2D eigenvalue weighted by atomic mass is 16.5. The van der Waals surface area contributed by atoms with Gasteiger partial charge in [0, 0.05) is 18.3 Å². The Morgan fingerprint density at radius 2 is 1.75 bits per heavy atom. The largest absolute Gasteiger partial charge is 0.497 e. The summed E-state index contributed by atoms with van der Waals surface area (Å²) in [6.45, 7) is 2.75. The molecule has 0 bridgehead atoms. The van der Waals surface area contributed by atoms with E-state index in [0.29, 0.717) is 6.54 Å². The van der Waals surface area contributed by atoms with Gasteiger partial charge in [0.05, 0.1) is 7.11 Å². The molecule has 0 unspecified atom stereocenters. The van der Waals surface area contributed by atoms with Crippen molar-refractivity contribution in [3.05, 3.63) is 72.1 Å². The van der Waals surface area contributed by atoms with E-state index < -0.39 is 0 Å². The molecule has 3 aromatic rings. The van der Waals surface area contributed by atoms with Crippen LogP contribution in [0.5, 0.6) is 5.75 Å². The molecule has 0 saturated carbocycles. The van der Waals surface area contributed by atoms with Crippen molar-refractivity contribution in [3.63, 3.8) is 0 Å². The minimum Gasteiger partial charge on any atom is -0.497 e. The fourth-order valence-corrected chi connectivity index (χ4v) is 2.33. The van der Waals surface area contributed by atoms with Crippen molar-refractivity contribution in [1.29, 1.82) is 0 Å². The SMILES string of the molecule is COc1ccc(CNc2cc(Nc3cccc(C)c3)ncn2)cc1. The van der Waals surface area contributed by atoms with E-state index in [4.69, 9.17) is 4.74 Å². The Morgan fingerprint density at radius 1 is 0.958 bits per heavy atom. The molecule has 0 aliphatic carbocycles. The summed E-state index contributed by atoms with van der Waals surface area (Å²) in [6.07, 6.45) is 1.55. The molecule has 0 saturated heterocycles. The van der Waals surface area contributed by atoms with Gasteiger partial charge in [0.25, 0.3) is 0 Å². The van der Waals surface area contributed by atoms with Crippen molar-refractivity contribution in [2.24, 2.45) is 0 Å². The Balaban J connectivity index is 1.64. The molecular weight excluding hydrogens is 300 g/mol. The van der Waals surface area contributed by atoms with Crippen LogP contribution in [0.25, 0.3) is 0 Å². The van der Waals surface area contributed by atoms with Gasteiger partial charge in [-0.25, -0.2) is 9.97 Å². The monoisotopic (exact) mass is 320 g/mol. The molecule has 0 radical (unpaired) electrons. The highest BCUT2D eigenvalue weighted by Gasteiger charge is 2.01. The Hall–Kier alpha value is -3.08. The lowest BCUT2D eigenvalue weighted by molar-refractivity contribution is 0.414. The molecule has 122 valence electrons. The standard InChI is InChI=1S/C19H20N4O/c1-14-4-3-5-16(10-14)23-19-11-18(21-13-22-19)20-12-15-6-8-17(24-2)9-7-15/h3-11,13H,12H2,1-2H3,(H2,20,21,22,23). The second kappa shape index (κ2) is 7.46. The third kappa shape index (κ3) is 4.23. The molecule has 5 nitrogen and oxygen atoms in total. The van der Waals surface area contributed by atoms with Gasteiger partial charge in [0.1, 0.15) is 23.7 Å². The lowest BCUT2D eigenvalue weighted by atomic mass is 10.2. The van der Waals surface area contributed by atoms with Crippen molar-refractivity contribution in [2.75, 3.05) is 17.7 Å². The van der Waals surface area contributed by atoms with Crippen molar-refractivity contribution >= 4 is 17.3 Å². The van der Waals surface area contributed by atoms with Gasteiger partial charge >= 0.3 is 0 Å². The fraction of sp³-hybridized carbons (Fsp3) is 0.158. The zero-order valence-electron chi connectivity index (χ0n) is 13.8. The first kappa shape index (κ1) is 15.8. The first-order valence-corrected chi connectivity index (χ1v) is 7.75. The Morgan fingerprint density at radius 3 is 2.50 bits per heavy atom. The predicted molar refractivity (Wildman–Crippen MR) is 96.8 cm³/mol. The van der Waals surface area contributed by atoms with Gasteiger partial charge in [0.2, 0.25) is 0 Å². The molecule has 3 rings (SSSR count). The van der Waals surface area contributed by atoms with E-state index in [1.165, 1.54) is 5.56 Å². The Kier molecular flexibility index (Phi) is 4.91. The lowest BCUT2D eigenvalue weighted by Crippen LogP contribution is -2.03. The second-order valence-corrected chi connectivity index (χ2v) is 5.48. The third-order valence-corrected chi connectivity index (χ3v) is 3.59. The molecule has 0 fully saturated rings. The summed E-state index contributed by atoms with van der Waals surface area (Å²) >= 11 is 0. The Labute approximate surface area is 141 Å². The quantitative estimate of drug-likeness (QED) is 0.714. The maximum atomic E-state index is 5.16. The van der Waals surface area contributed by atoms with Crippen molar-refractivity contribution in [1.82, 2.24) is 9.97 Å². The topological polar surface area (TPSA) is 59.1 Å². The molecule has 1 heterocycles. The van der Waals surface area contributed by atoms with Crippen LogP contribution >= 0.6 is 0 Å². The molecule has 0 aliphatic rings. The molecule has 0 amide bonds. The minimum absolute atomic E-state index is 0.685. The first-order chi connectivity index (χ1) is 11.7. The average molecular weight is 320 g/mol. The Bertz CT molecular complexity index is 802. The van der Waals surface area contributed by atoms with Crippen LogP contribution in [0, 0.1) is 6.92 Å². The van der Waals surface area contributed by atoms with Gasteiger partial charge < -0.3 is 15.4 Å². The number of benzene rings is 2. The smallest absolute Gasteiger partial charge is 0.135 e. The van der Waals surface area contributed by atoms with E-state index in [9.17, 15) is 0 Å². The summed E-state index contributed by atoms with van der Waals surface area (Å²) in [4.78, 5) is 8.52. The van der Waals surface area contributed by atoms with Gasteiger partial charge in [0.15, 0.2) is 0 Å². The summed E-state index contributed by atoms with van der Waals surface area (Å²) < 4.78 is 5.16. The summed E-state index contributed by atoms with van der Waals surface area (Å²) in [5.41, 5.74) is 3.37. The van der Waals surface area contributed by atoms with Gasteiger partial charge in [-0.3, -0.25) is 0 Å². The third-order valence-electron chi connectivity index (χ3n) is 3.59. The van der Waals surface area contributed by atoms with Crippen LogP contribution in [0.3, 0.4) is 0 Å². The van der Waals surface area contributed by atoms with Crippen LogP contribution in [0.4, 0.5) is 17.3 Å². The maximum absolute atomic E-state index is 5.16. The van der Waals surface area contributed by atoms with E-state index in [2.05, 4.69) is 39.7 Å². The summed E-state index contributed by atoms with van der Waals surface area (Å²) in [6, 6.07) is 18.0. The molecule has 5 heteroatoms. The number of nitrogens with one attached hydrogen (secondary N) is 2. The van der Waals surface area contributed by atoms with Crippen LogP contribution in [0.1, 0.15) is 11.1 Å². The number of hydrogen-bond donors (Lipinski definition) is 2. The van der Waals surface area contributed by atoms with E-state index in [1.807, 2.05) is 42.5 Å². The van der Waals surface area contributed by atoms with Gasteiger partial charge in [-0.05, 0) is 42.3 Å². The number of hydrogen-bond acceptors (Lipinski definition) is 5. The first-order valence-electron chi connectivity index (χ1n) is 7.75. The molecule has 1 aromatic heterocycles. The van der Waals surface area contributed by atoms with Crippen LogP contribution in [0.15, 0.2) is 60.9 Å². The highest BCUT2D eigenvalue weighted by molar-refractivity contribution is 5.59. The molecular formula is C19H20N4O. The zero-order chi connectivity index (χ0) is 16.8. The molecule has 0 spiro atoms. The number of ether oxygens (including phenoxy) is 1. The number of rotatable bonds is 6. The van der Waals surface area contributed by atoms with E-state index in [-0.39, 0.29) is 0 Å². The van der Waals surface area contributed by atoms with Gasteiger partial charge in [-0.15, -0.1) is 0 Å². The summed E-state index contributed by atoms with van der Waals surface area (Å²) in [5.74, 6) is 2.38. The molecule has 2 aromatic carbocycles. The number of anilines is 3. The predicted octanol–water partition coefficient (Wildman–Crippen LogP) is 4.15. The highest BCUT2D eigenvalue weighted by Crippen LogP contribution is 2.18. The average Bonchev–Trinajstić information content (AvgIpc) is 2.61. The van der Waals surface area contributed by atoms with Crippen molar-refractivity contribution in [2.45, 2.75) is 13.5 Å². The van der Waals surface area contributed by atoms with Crippen LogP contribution in [0.2, 0.25) is 0 Å². The van der Waals surface area contributed by atoms with E-state index in [0.717, 1.165) is 28.6 Å². The molecule has 24 heavy (non-hydrogen) atoms. The summed E-state index contributed by atoms with van der Waals surface area (Å²) in [5, 5.41) is 6.59. The number of aryl methyl sites for hydroxylation is 1. The maximum Gasteiger partial charge on any atom is 0.135 e. The van der Waals surface area contributed by atoms with Crippen LogP contribution < -0.4 is 15.4 Å². The second-order valence-electron chi connectivity index (χ2n) is 5.48. The summed E-state index contributed by atoms with van der Waals surface area (Å²) in [7, 11) is 1.66. The van der Waals surface area contributed by atoms with Crippen molar-refractivity contribution in [3.8, 4) is 5.75 Å². The van der Waals surface area contributed by atoms with Crippen LogP contribution in [-0.2, 0) is 6.54 Å². The van der Waals surface area contributed by atoms with Gasteiger partial charge in [-0.2, -0.15) is 0 Å².